The number of nitrogens with one attached hydrogen (secondary N) is 1. The molecule has 112 valence electrons. The molecule has 0 spiro atoms. The number of hydrogen-bond donors (Lipinski definition) is 1. The number of halogens is 2. The molecule has 1 N–H and O–H groups in total. The minimum atomic E-state index is -2.42. The van der Waals surface area contributed by atoms with E-state index in [2.05, 4.69) is 15.3 Å². The van der Waals surface area contributed by atoms with E-state index in [1.54, 1.807) is 44.5 Å². The predicted molar refractivity (Wildman–Crippen MR) is 79.6 cm³/mol. The minimum Gasteiger partial charge on any atom is -0.377 e. The van der Waals surface area contributed by atoms with Gasteiger partial charge in [-0.25, -0.2) is 9.97 Å². The molecule has 1 aromatic heterocycles. The summed E-state index contributed by atoms with van der Waals surface area (Å²) in [5, 5.41) is 2.96. The molecule has 0 atom stereocenters. The van der Waals surface area contributed by atoms with E-state index >= 15 is 0 Å². The largest absolute Gasteiger partial charge is 0.377 e. The van der Waals surface area contributed by atoms with E-state index in [0.717, 1.165) is 11.3 Å². The molecule has 2 rings (SSSR count). The number of nitrogens with zero attached hydrogens (tertiary/aromatic N) is 2. The molecule has 0 amide bonds. The topological polar surface area (TPSA) is 47.0 Å². The van der Waals surface area contributed by atoms with Gasteiger partial charge in [0.15, 0.2) is 5.82 Å². The second-order valence-electron chi connectivity index (χ2n) is 4.14. The smallest absolute Gasteiger partial charge is 0.288 e. The Morgan fingerprint density at radius 2 is 1.95 bits per heavy atom. The summed E-state index contributed by atoms with van der Waals surface area (Å²) in [5.41, 5.74) is 1.56. The molecule has 0 unspecified atom stereocenters. The van der Waals surface area contributed by atoms with Gasteiger partial charge in [-0.15, -0.1) is 0 Å². The van der Waals surface area contributed by atoms with Crippen molar-refractivity contribution in [3.8, 4) is 11.3 Å². The van der Waals surface area contributed by atoms with Gasteiger partial charge in [0.1, 0.15) is 12.4 Å². The maximum absolute atomic E-state index is 12.3. The van der Waals surface area contributed by atoms with Gasteiger partial charge < -0.3 is 10.1 Å². The van der Waals surface area contributed by atoms with Crippen LogP contribution in [0.1, 0.15) is 5.82 Å². The van der Waals surface area contributed by atoms with Crippen molar-refractivity contribution in [3.63, 3.8) is 0 Å². The van der Waals surface area contributed by atoms with Gasteiger partial charge in [0.05, 0.1) is 5.69 Å². The first-order valence-corrected chi connectivity index (χ1v) is 7.10. The van der Waals surface area contributed by atoms with Crippen molar-refractivity contribution in [3.05, 3.63) is 36.2 Å². The molecule has 0 saturated carbocycles. The third kappa shape index (κ3) is 4.37. The van der Waals surface area contributed by atoms with E-state index in [1.165, 1.54) is 0 Å². The van der Waals surface area contributed by atoms with Gasteiger partial charge in [0.2, 0.25) is 0 Å². The monoisotopic (exact) mass is 311 g/mol. The van der Waals surface area contributed by atoms with Gasteiger partial charge in [-0.05, 0) is 12.1 Å². The summed E-state index contributed by atoms with van der Waals surface area (Å²) in [5.74, 6) is -1.18. The molecular formula is C14H15F2N3OS. The van der Waals surface area contributed by atoms with Crippen molar-refractivity contribution < 1.29 is 13.5 Å². The van der Waals surface area contributed by atoms with Crippen LogP contribution in [0.4, 0.5) is 14.6 Å². The van der Waals surface area contributed by atoms with Crippen molar-refractivity contribution in [2.24, 2.45) is 0 Å². The average molecular weight is 311 g/mol. The van der Waals surface area contributed by atoms with Crippen molar-refractivity contribution >= 4 is 17.6 Å². The fourth-order valence-corrected chi connectivity index (χ4v) is 2.27. The highest BCUT2D eigenvalue weighted by molar-refractivity contribution is 7.99. The maximum atomic E-state index is 12.3. The number of rotatable bonds is 6. The number of aromatic nitrogens is 2. The molecule has 21 heavy (non-hydrogen) atoms. The minimum absolute atomic E-state index is 0.307. The van der Waals surface area contributed by atoms with E-state index in [1.807, 2.05) is 0 Å². The summed E-state index contributed by atoms with van der Waals surface area (Å²) >= 11 is 0.523. The zero-order valence-electron chi connectivity index (χ0n) is 11.6. The molecule has 0 aliphatic carbocycles. The molecule has 0 radical (unpaired) electrons. The van der Waals surface area contributed by atoms with Gasteiger partial charge in [0, 0.05) is 30.7 Å². The Morgan fingerprint density at radius 1 is 1.24 bits per heavy atom. The van der Waals surface area contributed by atoms with Gasteiger partial charge in [-0.1, -0.05) is 23.9 Å². The van der Waals surface area contributed by atoms with Crippen molar-refractivity contribution in [1.82, 2.24) is 9.97 Å². The van der Waals surface area contributed by atoms with Crippen LogP contribution in [0.5, 0.6) is 0 Å². The van der Waals surface area contributed by atoms with Crippen LogP contribution in [-0.4, -0.2) is 29.9 Å². The summed E-state index contributed by atoms with van der Waals surface area (Å²) in [4.78, 5) is 9.20. The molecule has 0 fully saturated rings. The van der Waals surface area contributed by atoms with Crippen LogP contribution in [0.15, 0.2) is 35.2 Å². The highest BCUT2D eigenvalue weighted by Crippen LogP contribution is 2.28. The summed E-state index contributed by atoms with van der Waals surface area (Å²) in [6, 6.07) is 8.65. The van der Waals surface area contributed by atoms with Crippen LogP contribution in [-0.2, 0) is 11.3 Å². The molecule has 0 aliphatic rings. The number of benzene rings is 1. The lowest BCUT2D eigenvalue weighted by Gasteiger charge is -2.08. The number of alkyl halides is 2. The Kier molecular flexibility index (Phi) is 5.46. The van der Waals surface area contributed by atoms with E-state index in [0.29, 0.717) is 34.9 Å². The predicted octanol–water partition coefficient (Wildman–Crippen LogP) is 3.65. The molecule has 0 bridgehead atoms. The summed E-state index contributed by atoms with van der Waals surface area (Å²) < 4.78 is 29.6. The first kappa shape index (κ1) is 15.7. The SMILES string of the molecule is CNc1cc(-c2ccc(SC(F)F)cc2)nc(COC)n1. The van der Waals surface area contributed by atoms with Gasteiger partial charge in [-0.3, -0.25) is 0 Å². The van der Waals surface area contributed by atoms with E-state index in [4.69, 9.17) is 4.74 Å². The maximum Gasteiger partial charge on any atom is 0.288 e. The van der Waals surface area contributed by atoms with Crippen LogP contribution in [0, 0.1) is 0 Å². The van der Waals surface area contributed by atoms with Crippen molar-refractivity contribution in [2.75, 3.05) is 19.5 Å². The molecule has 1 heterocycles. The molecule has 0 saturated heterocycles. The number of hydrogen-bond acceptors (Lipinski definition) is 5. The summed E-state index contributed by atoms with van der Waals surface area (Å²) in [7, 11) is 3.34. The molecule has 7 heteroatoms. The lowest BCUT2D eigenvalue weighted by molar-refractivity contribution is 0.178. The Hall–Kier alpha value is -1.73. The van der Waals surface area contributed by atoms with E-state index in [-0.39, 0.29) is 0 Å². The quantitative estimate of drug-likeness (QED) is 0.825. The van der Waals surface area contributed by atoms with Crippen LogP contribution in [0.3, 0.4) is 0 Å². The molecule has 4 nitrogen and oxygen atoms in total. The Balaban J connectivity index is 2.29. The van der Waals surface area contributed by atoms with Crippen LogP contribution < -0.4 is 5.32 Å². The first-order chi connectivity index (χ1) is 10.1. The second kappa shape index (κ2) is 7.33. The number of methoxy groups -OCH3 is 1. The molecule has 2 aromatic rings. The Morgan fingerprint density at radius 3 is 2.52 bits per heavy atom. The van der Waals surface area contributed by atoms with Gasteiger partial charge in [-0.2, -0.15) is 8.78 Å². The lowest BCUT2D eigenvalue weighted by atomic mass is 10.1. The number of thioether (sulfide) groups is 1. The Labute approximate surface area is 126 Å². The highest BCUT2D eigenvalue weighted by Gasteiger charge is 2.08. The zero-order valence-corrected chi connectivity index (χ0v) is 12.5. The van der Waals surface area contributed by atoms with Gasteiger partial charge in [0.25, 0.3) is 5.76 Å². The molecule has 1 aromatic carbocycles. The lowest BCUT2D eigenvalue weighted by Crippen LogP contribution is -2.02. The third-order valence-corrected chi connectivity index (χ3v) is 3.40. The average Bonchev–Trinajstić information content (AvgIpc) is 2.47. The van der Waals surface area contributed by atoms with E-state index in [9.17, 15) is 8.78 Å². The standard InChI is InChI=1S/C14H15F2N3OS/c1-17-12-7-11(18-13(19-12)8-20-2)9-3-5-10(6-4-9)21-14(15)16/h3-7,14H,8H2,1-2H3,(H,17,18,19). The zero-order chi connectivity index (χ0) is 15.2. The summed E-state index contributed by atoms with van der Waals surface area (Å²) in [6.07, 6.45) is 0. The highest BCUT2D eigenvalue weighted by atomic mass is 32.2. The fourth-order valence-electron chi connectivity index (χ4n) is 1.77. The van der Waals surface area contributed by atoms with Crippen molar-refractivity contribution in [2.45, 2.75) is 17.3 Å². The first-order valence-electron chi connectivity index (χ1n) is 6.22. The van der Waals surface area contributed by atoms with Gasteiger partial charge >= 0.3 is 0 Å². The molecule has 0 aliphatic heterocycles. The number of anilines is 1. The van der Waals surface area contributed by atoms with Crippen molar-refractivity contribution in [1.29, 1.82) is 0 Å². The van der Waals surface area contributed by atoms with Crippen LogP contribution in [0.2, 0.25) is 0 Å². The normalized spacial score (nSPS) is 10.9. The third-order valence-electron chi connectivity index (χ3n) is 2.68. The summed E-state index contributed by atoms with van der Waals surface area (Å²) in [6.45, 7) is 0.307. The Bertz CT molecular complexity index is 593. The van der Waals surface area contributed by atoms with Crippen LogP contribution >= 0.6 is 11.8 Å². The second-order valence-corrected chi connectivity index (χ2v) is 5.20. The molecular weight excluding hydrogens is 296 g/mol. The van der Waals surface area contributed by atoms with Crippen LogP contribution in [0.25, 0.3) is 11.3 Å². The van der Waals surface area contributed by atoms with E-state index < -0.39 is 5.76 Å². The fraction of sp³-hybridized carbons (Fsp3) is 0.286. The number of ether oxygens (including phenoxy) is 1.